The predicted octanol–water partition coefficient (Wildman–Crippen LogP) is 1.01. The van der Waals surface area contributed by atoms with Crippen LogP contribution in [0.4, 0.5) is 0 Å². The van der Waals surface area contributed by atoms with Gasteiger partial charge in [-0.25, -0.2) is 0 Å². The van der Waals surface area contributed by atoms with Gasteiger partial charge in [0, 0.05) is 18.7 Å². The maximum atomic E-state index is 11.8. The molecule has 1 rings (SSSR count). The molecule has 94 valence electrons. The molecule has 0 aliphatic rings. The first-order chi connectivity index (χ1) is 8.02. The van der Waals surface area contributed by atoms with Crippen LogP contribution in [0.25, 0.3) is 0 Å². The van der Waals surface area contributed by atoms with Crippen LogP contribution in [0.2, 0.25) is 0 Å². The standard InChI is InChI=1S/C11H17N3O3/c1-7-10(8(2)14-13-7)11(17)12-6-4-3-5-9(15)16/h3-6H2,1-2H3,(H,12,17)(H,13,14)(H,15,16). The van der Waals surface area contributed by atoms with Crippen molar-refractivity contribution in [3.8, 4) is 0 Å². The number of nitrogens with zero attached hydrogens (tertiary/aromatic N) is 1. The van der Waals surface area contributed by atoms with Crippen LogP contribution < -0.4 is 5.32 Å². The lowest BCUT2D eigenvalue weighted by molar-refractivity contribution is -0.137. The number of amides is 1. The van der Waals surface area contributed by atoms with Crippen molar-refractivity contribution in [2.45, 2.75) is 33.1 Å². The molecule has 0 saturated carbocycles. The fraction of sp³-hybridized carbons (Fsp3) is 0.545. The Morgan fingerprint density at radius 3 is 2.59 bits per heavy atom. The average molecular weight is 239 g/mol. The Labute approximate surface area is 99.4 Å². The molecule has 0 spiro atoms. The zero-order valence-corrected chi connectivity index (χ0v) is 10.0. The molecule has 0 fully saturated rings. The monoisotopic (exact) mass is 239 g/mol. The maximum absolute atomic E-state index is 11.8. The number of carboxylic acid groups (broad SMARTS) is 1. The highest BCUT2D eigenvalue weighted by Gasteiger charge is 2.14. The number of hydrogen-bond donors (Lipinski definition) is 3. The Bertz CT molecular complexity index is 393. The Hall–Kier alpha value is -1.85. The molecule has 1 aromatic rings. The van der Waals surface area contributed by atoms with Crippen LogP contribution >= 0.6 is 0 Å². The van der Waals surface area contributed by atoms with Gasteiger partial charge in [0.25, 0.3) is 5.91 Å². The molecule has 3 N–H and O–H groups in total. The van der Waals surface area contributed by atoms with Crippen LogP contribution in [0.3, 0.4) is 0 Å². The molecule has 0 aliphatic carbocycles. The minimum Gasteiger partial charge on any atom is -0.481 e. The van der Waals surface area contributed by atoms with E-state index in [1.807, 2.05) is 0 Å². The van der Waals surface area contributed by atoms with Gasteiger partial charge in [0.05, 0.1) is 11.3 Å². The highest BCUT2D eigenvalue weighted by atomic mass is 16.4. The van der Waals surface area contributed by atoms with Crippen LogP contribution in [0, 0.1) is 13.8 Å². The topological polar surface area (TPSA) is 95.1 Å². The molecule has 0 bridgehead atoms. The van der Waals surface area contributed by atoms with Gasteiger partial charge < -0.3 is 10.4 Å². The van der Waals surface area contributed by atoms with E-state index in [2.05, 4.69) is 15.5 Å². The van der Waals surface area contributed by atoms with Gasteiger partial charge >= 0.3 is 5.97 Å². The minimum absolute atomic E-state index is 0.139. The van der Waals surface area contributed by atoms with Gasteiger partial charge in [-0.05, 0) is 26.7 Å². The third kappa shape index (κ3) is 3.90. The fourth-order valence-electron chi connectivity index (χ4n) is 1.58. The first-order valence-electron chi connectivity index (χ1n) is 5.54. The first-order valence-corrected chi connectivity index (χ1v) is 5.54. The molecule has 0 radical (unpaired) electrons. The molecule has 0 saturated heterocycles. The summed E-state index contributed by atoms with van der Waals surface area (Å²) in [5.74, 6) is -0.970. The summed E-state index contributed by atoms with van der Waals surface area (Å²) in [6.45, 7) is 4.04. The third-order valence-electron chi connectivity index (χ3n) is 2.46. The van der Waals surface area contributed by atoms with Gasteiger partial charge in [0.2, 0.25) is 0 Å². The number of rotatable bonds is 6. The van der Waals surface area contributed by atoms with Crippen molar-refractivity contribution < 1.29 is 14.7 Å². The number of carbonyl (C=O) groups excluding carboxylic acids is 1. The maximum Gasteiger partial charge on any atom is 0.303 e. The summed E-state index contributed by atoms with van der Waals surface area (Å²) in [7, 11) is 0. The van der Waals surface area contributed by atoms with Crippen molar-refractivity contribution in [2.75, 3.05) is 6.54 Å². The second-order valence-corrected chi connectivity index (χ2v) is 3.92. The molecule has 6 nitrogen and oxygen atoms in total. The van der Waals surface area contributed by atoms with E-state index in [0.29, 0.717) is 30.6 Å². The normalized spacial score (nSPS) is 10.2. The van der Waals surface area contributed by atoms with Crippen molar-refractivity contribution in [2.24, 2.45) is 0 Å². The molecule has 1 heterocycles. The Morgan fingerprint density at radius 2 is 2.06 bits per heavy atom. The Kier molecular flexibility index (Phi) is 4.68. The van der Waals surface area contributed by atoms with E-state index in [1.54, 1.807) is 13.8 Å². The summed E-state index contributed by atoms with van der Waals surface area (Å²) in [5.41, 5.74) is 1.99. The second kappa shape index (κ2) is 6.03. The Balaban J connectivity index is 2.33. The van der Waals surface area contributed by atoms with Gasteiger partial charge in [-0.15, -0.1) is 0 Å². The number of aromatic nitrogens is 2. The first kappa shape index (κ1) is 13.2. The largest absolute Gasteiger partial charge is 0.481 e. The quantitative estimate of drug-likeness (QED) is 0.646. The van der Waals surface area contributed by atoms with Crippen LogP contribution in [0.15, 0.2) is 0 Å². The third-order valence-corrected chi connectivity index (χ3v) is 2.46. The molecule has 0 aromatic carbocycles. The number of aliphatic carboxylic acids is 1. The number of aryl methyl sites for hydroxylation is 2. The molecule has 17 heavy (non-hydrogen) atoms. The van der Waals surface area contributed by atoms with E-state index >= 15 is 0 Å². The molecule has 0 atom stereocenters. The van der Waals surface area contributed by atoms with Crippen LogP contribution in [-0.4, -0.2) is 33.7 Å². The summed E-state index contributed by atoms with van der Waals surface area (Å²) >= 11 is 0. The molecule has 6 heteroatoms. The highest BCUT2D eigenvalue weighted by molar-refractivity contribution is 5.96. The molecular weight excluding hydrogens is 222 g/mol. The lowest BCUT2D eigenvalue weighted by Gasteiger charge is -2.04. The number of carbonyl (C=O) groups is 2. The van der Waals surface area contributed by atoms with E-state index in [4.69, 9.17) is 5.11 Å². The van der Waals surface area contributed by atoms with E-state index in [1.165, 1.54) is 0 Å². The zero-order valence-electron chi connectivity index (χ0n) is 10.0. The van der Waals surface area contributed by atoms with Gasteiger partial charge in [0.15, 0.2) is 0 Å². The average Bonchev–Trinajstić information content (AvgIpc) is 2.57. The number of H-pyrrole nitrogens is 1. The van der Waals surface area contributed by atoms with Gasteiger partial charge in [-0.3, -0.25) is 14.7 Å². The van der Waals surface area contributed by atoms with Gasteiger partial charge in [-0.1, -0.05) is 0 Å². The SMILES string of the molecule is Cc1n[nH]c(C)c1C(=O)NCCCCC(=O)O. The van der Waals surface area contributed by atoms with Crippen molar-refractivity contribution in [3.63, 3.8) is 0 Å². The summed E-state index contributed by atoms with van der Waals surface area (Å²) < 4.78 is 0. The second-order valence-electron chi connectivity index (χ2n) is 3.92. The van der Waals surface area contributed by atoms with Crippen LogP contribution in [0.1, 0.15) is 41.0 Å². The lowest BCUT2D eigenvalue weighted by Crippen LogP contribution is -2.25. The van der Waals surface area contributed by atoms with Crippen molar-refractivity contribution in [1.29, 1.82) is 0 Å². The van der Waals surface area contributed by atoms with Crippen molar-refractivity contribution in [1.82, 2.24) is 15.5 Å². The van der Waals surface area contributed by atoms with Crippen LogP contribution in [0.5, 0.6) is 0 Å². The number of carboxylic acids is 1. The fourth-order valence-corrected chi connectivity index (χ4v) is 1.58. The molecule has 1 aromatic heterocycles. The summed E-state index contributed by atoms with van der Waals surface area (Å²) in [6.07, 6.45) is 1.37. The minimum atomic E-state index is -0.808. The summed E-state index contributed by atoms with van der Waals surface area (Å²) in [4.78, 5) is 22.0. The molecule has 0 aliphatic heterocycles. The van der Waals surface area contributed by atoms with Gasteiger partial charge in [0.1, 0.15) is 0 Å². The van der Waals surface area contributed by atoms with Crippen molar-refractivity contribution in [3.05, 3.63) is 17.0 Å². The lowest BCUT2D eigenvalue weighted by atomic mass is 10.2. The number of hydrogen-bond acceptors (Lipinski definition) is 3. The Morgan fingerprint density at radius 1 is 1.35 bits per heavy atom. The van der Waals surface area contributed by atoms with Crippen molar-refractivity contribution >= 4 is 11.9 Å². The van der Waals surface area contributed by atoms with E-state index in [-0.39, 0.29) is 12.3 Å². The van der Waals surface area contributed by atoms with E-state index in [0.717, 1.165) is 5.69 Å². The van der Waals surface area contributed by atoms with Crippen LogP contribution in [-0.2, 0) is 4.79 Å². The summed E-state index contributed by atoms with van der Waals surface area (Å²) in [5, 5.41) is 17.9. The number of aromatic amines is 1. The molecular formula is C11H17N3O3. The predicted molar refractivity (Wildman–Crippen MR) is 61.9 cm³/mol. The smallest absolute Gasteiger partial charge is 0.303 e. The highest BCUT2D eigenvalue weighted by Crippen LogP contribution is 2.08. The summed E-state index contributed by atoms with van der Waals surface area (Å²) in [6, 6.07) is 0. The number of nitrogens with one attached hydrogen (secondary N) is 2. The van der Waals surface area contributed by atoms with Gasteiger partial charge in [-0.2, -0.15) is 5.10 Å². The van der Waals surface area contributed by atoms with E-state index < -0.39 is 5.97 Å². The molecule has 1 amide bonds. The number of unbranched alkanes of at least 4 members (excludes halogenated alkanes) is 1. The van der Waals surface area contributed by atoms with E-state index in [9.17, 15) is 9.59 Å². The zero-order chi connectivity index (χ0) is 12.8. The molecule has 0 unspecified atom stereocenters.